The number of rotatable bonds is 5. The molecule has 2 N–H and O–H groups in total. The van der Waals surface area contributed by atoms with Crippen molar-refractivity contribution in [3.63, 3.8) is 0 Å². The van der Waals surface area contributed by atoms with E-state index in [-0.39, 0.29) is 11.3 Å². The number of allylic oxidation sites excluding steroid dienone is 2. The van der Waals surface area contributed by atoms with Crippen LogP contribution in [0.5, 0.6) is 0 Å². The van der Waals surface area contributed by atoms with E-state index in [4.69, 9.17) is 0 Å². The second-order valence-corrected chi connectivity index (χ2v) is 6.68. The summed E-state index contributed by atoms with van der Waals surface area (Å²) in [6.45, 7) is 0.627. The summed E-state index contributed by atoms with van der Waals surface area (Å²) in [7, 11) is 0. The molecule has 2 aliphatic carbocycles. The second kappa shape index (κ2) is 7.03. The Morgan fingerprint density at radius 2 is 2.18 bits per heavy atom. The molecule has 2 aliphatic rings. The lowest BCUT2D eigenvalue weighted by molar-refractivity contribution is -0.122. The van der Waals surface area contributed by atoms with Gasteiger partial charge in [0.15, 0.2) is 5.82 Å². The summed E-state index contributed by atoms with van der Waals surface area (Å²) >= 11 is 0. The third-order valence-electron chi connectivity index (χ3n) is 5.06. The Morgan fingerprint density at radius 3 is 2.86 bits per heavy atom. The molecule has 0 saturated heterocycles. The number of aromatic nitrogens is 4. The SMILES string of the molecule is O=C(CC1C=CCCC1)NCC1(c2nn[nH]n2)CCCCC1. The van der Waals surface area contributed by atoms with Crippen LogP contribution in [0.1, 0.15) is 63.6 Å². The van der Waals surface area contributed by atoms with Crippen molar-refractivity contribution in [2.24, 2.45) is 5.92 Å². The predicted octanol–water partition coefficient (Wildman–Crippen LogP) is 2.26. The monoisotopic (exact) mass is 303 g/mol. The van der Waals surface area contributed by atoms with Gasteiger partial charge in [0.2, 0.25) is 5.91 Å². The number of nitrogens with one attached hydrogen (secondary N) is 2. The van der Waals surface area contributed by atoms with Crippen LogP contribution < -0.4 is 5.32 Å². The number of hydrogen-bond acceptors (Lipinski definition) is 4. The van der Waals surface area contributed by atoms with Crippen molar-refractivity contribution in [3.8, 4) is 0 Å². The van der Waals surface area contributed by atoms with Gasteiger partial charge in [-0.2, -0.15) is 5.21 Å². The van der Waals surface area contributed by atoms with Crippen molar-refractivity contribution in [3.05, 3.63) is 18.0 Å². The Labute approximate surface area is 131 Å². The van der Waals surface area contributed by atoms with Crippen molar-refractivity contribution >= 4 is 5.91 Å². The largest absolute Gasteiger partial charge is 0.355 e. The zero-order valence-electron chi connectivity index (χ0n) is 13.1. The first-order valence-electron chi connectivity index (χ1n) is 8.46. The van der Waals surface area contributed by atoms with E-state index in [0.717, 1.165) is 44.3 Å². The molecule has 1 aromatic heterocycles. The number of hydrogen-bond donors (Lipinski definition) is 2. The van der Waals surface area contributed by atoms with Crippen LogP contribution in [0.3, 0.4) is 0 Å². The quantitative estimate of drug-likeness (QED) is 0.817. The number of nitrogens with zero attached hydrogens (tertiary/aromatic N) is 3. The molecular weight excluding hydrogens is 278 g/mol. The van der Waals surface area contributed by atoms with E-state index in [1.165, 1.54) is 12.8 Å². The molecule has 0 bridgehead atoms. The molecule has 6 nitrogen and oxygen atoms in total. The molecular formula is C16H25N5O. The molecule has 0 aliphatic heterocycles. The number of H-pyrrole nitrogens is 1. The smallest absolute Gasteiger partial charge is 0.220 e. The van der Waals surface area contributed by atoms with E-state index >= 15 is 0 Å². The van der Waals surface area contributed by atoms with Crippen molar-refractivity contribution in [2.45, 2.75) is 63.2 Å². The normalized spacial score (nSPS) is 24.1. The molecule has 1 heterocycles. The number of aromatic amines is 1. The second-order valence-electron chi connectivity index (χ2n) is 6.68. The molecule has 1 aromatic rings. The van der Waals surface area contributed by atoms with Crippen LogP contribution in [-0.4, -0.2) is 33.1 Å². The molecule has 3 rings (SSSR count). The highest BCUT2D eigenvalue weighted by Crippen LogP contribution is 2.36. The third kappa shape index (κ3) is 3.54. The summed E-state index contributed by atoms with van der Waals surface area (Å²) in [5.41, 5.74) is -0.136. The minimum atomic E-state index is -0.136. The summed E-state index contributed by atoms with van der Waals surface area (Å²) in [6.07, 6.45) is 14.1. The Kier molecular flexibility index (Phi) is 4.85. The highest BCUT2D eigenvalue weighted by atomic mass is 16.1. The summed E-state index contributed by atoms with van der Waals surface area (Å²) in [5.74, 6) is 1.30. The molecule has 1 fully saturated rings. The highest BCUT2D eigenvalue weighted by Gasteiger charge is 2.38. The van der Waals surface area contributed by atoms with Gasteiger partial charge in [-0.1, -0.05) is 36.6 Å². The van der Waals surface area contributed by atoms with Gasteiger partial charge >= 0.3 is 0 Å². The Morgan fingerprint density at radius 1 is 1.32 bits per heavy atom. The third-order valence-corrected chi connectivity index (χ3v) is 5.06. The van der Waals surface area contributed by atoms with Crippen LogP contribution in [0.15, 0.2) is 12.2 Å². The van der Waals surface area contributed by atoms with Crippen LogP contribution in [0.2, 0.25) is 0 Å². The van der Waals surface area contributed by atoms with Gasteiger partial charge in [0.25, 0.3) is 0 Å². The molecule has 1 saturated carbocycles. The highest BCUT2D eigenvalue weighted by molar-refractivity contribution is 5.76. The first-order chi connectivity index (χ1) is 10.8. The van der Waals surface area contributed by atoms with E-state index in [2.05, 4.69) is 38.1 Å². The molecule has 0 spiro atoms. The molecule has 1 unspecified atom stereocenters. The van der Waals surface area contributed by atoms with E-state index < -0.39 is 0 Å². The van der Waals surface area contributed by atoms with Gasteiger partial charge in [-0.15, -0.1) is 10.2 Å². The maximum absolute atomic E-state index is 12.3. The minimum Gasteiger partial charge on any atom is -0.355 e. The molecule has 0 radical (unpaired) electrons. The van der Waals surface area contributed by atoms with Crippen molar-refractivity contribution in [1.82, 2.24) is 25.9 Å². The first-order valence-corrected chi connectivity index (χ1v) is 8.46. The summed E-state index contributed by atoms with van der Waals surface area (Å²) in [5, 5.41) is 17.8. The number of carbonyl (C=O) groups excluding carboxylic acids is 1. The van der Waals surface area contributed by atoms with Gasteiger partial charge in [-0.05, 0) is 38.0 Å². The van der Waals surface area contributed by atoms with E-state index in [0.29, 0.717) is 18.9 Å². The summed E-state index contributed by atoms with van der Waals surface area (Å²) < 4.78 is 0. The average molecular weight is 303 g/mol. The lowest BCUT2D eigenvalue weighted by Crippen LogP contribution is -2.43. The van der Waals surface area contributed by atoms with Gasteiger partial charge in [0, 0.05) is 13.0 Å². The fourth-order valence-electron chi connectivity index (χ4n) is 3.73. The molecule has 1 atom stereocenters. The first kappa shape index (κ1) is 15.2. The summed E-state index contributed by atoms with van der Waals surface area (Å²) in [6, 6.07) is 0. The van der Waals surface area contributed by atoms with Crippen LogP contribution in [-0.2, 0) is 10.2 Å². The number of tetrazole rings is 1. The summed E-state index contributed by atoms with van der Waals surface area (Å²) in [4.78, 5) is 12.3. The van der Waals surface area contributed by atoms with Crippen molar-refractivity contribution < 1.29 is 4.79 Å². The van der Waals surface area contributed by atoms with Gasteiger partial charge in [0.1, 0.15) is 0 Å². The minimum absolute atomic E-state index is 0.136. The zero-order chi connectivity index (χ0) is 15.3. The topological polar surface area (TPSA) is 83.6 Å². The number of carbonyl (C=O) groups is 1. The van der Waals surface area contributed by atoms with Crippen molar-refractivity contribution in [2.75, 3.05) is 6.54 Å². The molecule has 120 valence electrons. The van der Waals surface area contributed by atoms with Gasteiger partial charge in [-0.3, -0.25) is 4.79 Å². The van der Waals surface area contributed by atoms with Crippen LogP contribution in [0.25, 0.3) is 0 Å². The van der Waals surface area contributed by atoms with Crippen LogP contribution in [0.4, 0.5) is 0 Å². The van der Waals surface area contributed by atoms with E-state index in [9.17, 15) is 4.79 Å². The van der Waals surface area contributed by atoms with Gasteiger partial charge in [0.05, 0.1) is 5.41 Å². The molecule has 22 heavy (non-hydrogen) atoms. The average Bonchev–Trinajstić information content (AvgIpc) is 3.10. The van der Waals surface area contributed by atoms with Gasteiger partial charge in [-0.25, -0.2) is 0 Å². The fourth-order valence-corrected chi connectivity index (χ4v) is 3.73. The maximum atomic E-state index is 12.3. The molecule has 0 aromatic carbocycles. The Hall–Kier alpha value is -1.72. The van der Waals surface area contributed by atoms with Gasteiger partial charge < -0.3 is 5.32 Å². The molecule has 6 heteroatoms. The lowest BCUT2D eigenvalue weighted by atomic mass is 9.73. The van der Waals surface area contributed by atoms with E-state index in [1.54, 1.807) is 0 Å². The van der Waals surface area contributed by atoms with Crippen molar-refractivity contribution in [1.29, 1.82) is 0 Å². The Bertz CT molecular complexity index is 505. The predicted molar refractivity (Wildman–Crippen MR) is 83.0 cm³/mol. The zero-order valence-corrected chi connectivity index (χ0v) is 13.1. The fraction of sp³-hybridized carbons (Fsp3) is 0.750. The maximum Gasteiger partial charge on any atom is 0.220 e. The Balaban J connectivity index is 1.58. The lowest BCUT2D eigenvalue weighted by Gasteiger charge is -2.34. The molecule has 1 amide bonds. The standard InChI is InChI=1S/C16H25N5O/c22-14(11-13-7-3-1-4-8-13)17-12-16(9-5-2-6-10-16)15-18-20-21-19-15/h3,7,13H,1-2,4-6,8-12H2,(H,17,22)(H,18,19,20,21). The van der Waals surface area contributed by atoms with E-state index in [1.807, 2.05) is 0 Å². The van der Waals surface area contributed by atoms with Crippen LogP contribution >= 0.6 is 0 Å². The van der Waals surface area contributed by atoms with Crippen LogP contribution in [0, 0.1) is 5.92 Å². The number of amides is 1.